The standard InChI is InChI=1S/C11H13NO3S/c1-12(2)10(13)7-16-9-5-3-4-8(6-9)11(14)15/h3-6H,7H2,1-2H3,(H,14,15). The number of rotatable bonds is 4. The van der Waals surface area contributed by atoms with Crippen molar-refractivity contribution in [3.8, 4) is 0 Å². The van der Waals surface area contributed by atoms with Crippen LogP contribution in [0.3, 0.4) is 0 Å². The molecule has 0 aliphatic rings. The summed E-state index contributed by atoms with van der Waals surface area (Å²) in [5.74, 6) is -0.636. The Balaban J connectivity index is 2.64. The SMILES string of the molecule is CN(C)C(=O)CSc1cccc(C(=O)O)c1. The number of thioether (sulfide) groups is 1. The van der Waals surface area contributed by atoms with Gasteiger partial charge >= 0.3 is 5.97 Å². The van der Waals surface area contributed by atoms with Crippen molar-refractivity contribution in [2.75, 3.05) is 19.8 Å². The van der Waals surface area contributed by atoms with Gasteiger partial charge in [0.1, 0.15) is 0 Å². The highest BCUT2D eigenvalue weighted by atomic mass is 32.2. The lowest BCUT2D eigenvalue weighted by molar-refractivity contribution is -0.125. The van der Waals surface area contributed by atoms with E-state index in [1.165, 1.54) is 22.7 Å². The molecule has 5 heteroatoms. The van der Waals surface area contributed by atoms with Crippen LogP contribution in [-0.2, 0) is 4.79 Å². The average Bonchev–Trinajstić information content (AvgIpc) is 2.26. The smallest absolute Gasteiger partial charge is 0.335 e. The Morgan fingerprint density at radius 3 is 2.62 bits per heavy atom. The third-order valence-electron chi connectivity index (χ3n) is 1.94. The highest BCUT2D eigenvalue weighted by Crippen LogP contribution is 2.19. The van der Waals surface area contributed by atoms with Gasteiger partial charge in [0.2, 0.25) is 5.91 Å². The van der Waals surface area contributed by atoms with Gasteiger partial charge in [-0.25, -0.2) is 4.79 Å². The molecular weight excluding hydrogens is 226 g/mol. The first-order valence-corrected chi connectivity index (χ1v) is 5.65. The van der Waals surface area contributed by atoms with Gasteiger partial charge in [-0.3, -0.25) is 4.79 Å². The van der Waals surface area contributed by atoms with Gasteiger partial charge in [0.05, 0.1) is 11.3 Å². The molecule has 1 aromatic rings. The minimum atomic E-state index is -0.957. The predicted molar refractivity (Wildman–Crippen MR) is 62.8 cm³/mol. The maximum absolute atomic E-state index is 11.3. The first-order valence-electron chi connectivity index (χ1n) is 4.67. The average molecular weight is 239 g/mol. The molecule has 4 nitrogen and oxygen atoms in total. The van der Waals surface area contributed by atoms with Crippen molar-refractivity contribution < 1.29 is 14.7 Å². The zero-order chi connectivity index (χ0) is 12.1. The second-order valence-electron chi connectivity index (χ2n) is 3.41. The van der Waals surface area contributed by atoms with Gasteiger partial charge in [-0.15, -0.1) is 11.8 Å². The zero-order valence-electron chi connectivity index (χ0n) is 9.14. The fourth-order valence-electron chi connectivity index (χ4n) is 0.993. The van der Waals surface area contributed by atoms with Crippen molar-refractivity contribution in [2.24, 2.45) is 0 Å². The van der Waals surface area contributed by atoms with Crippen LogP contribution in [0.2, 0.25) is 0 Å². The molecule has 0 aromatic heterocycles. The summed E-state index contributed by atoms with van der Waals surface area (Å²) in [7, 11) is 3.38. The molecule has 0 atom stereocenters. The molecule has 0 unspecified atom stereocenters. The lowest BCUT2D eigenvalue weighted by atomic mass is 10.2. The number of aromatic carboxylic acids is 1. The molecule has 1 aromatic carbocycles. The first-order chi connectivity index (χ1) is 7.50. The quantitative estimate of drug-likeness (QED) is 0.810. The Bertz CT molecular complexity index is 404. The number of hydrogen-bond acceptors (Lipinski definition) is 3. The molecular formula is C11H13NO3S. The molecule has 0 bridgehead atoms. The van der Waals surface area contributed by atoms with Crippen molar-refractivity contribution in [1.82, 2.24) is 4.90 Å². The minimum Gasteiger partial charge on any atom is -0.478 e. The van der Waals surface area contributed by atoms with Crippen molar-refractivity contribution in [3.63, 3.8) is 0 Å². The Kier molecular flexibility index (Phi) is 4.37. The highest BCUT2D eigenvalue weighted by Gasteiger charge is 2.07. The molecule has 0 saturated heterocycles. The van der Waals surface area contributed by atoms with E-state index in [1.54, 1.807) is 32.3 Å². The van der Waals surface area contributed by atoms with Crippen LogP contribution in [0.4, 0.5) is 0 Å². The van der Waals surface area contributed by atoms with E-state index in [9.17, 15) is 9.59 Å². The largest absolute Gasteiger partial charge is 0.478 e. The molecule has 0 saturated carbocycles. The summed E-state index contributed by atoms with van der Waals surface area (Å²) in [6.07, 6.45) is 0. The summed E-state index contributed by atoms with van der Waals surface area (Å²) in [5.41, 5.74) is 0.238. The lowest BCUT2D eigenvalue weighted by Crippen LogP contribution is -2.23. The van der Waals surface area contributed by atoms with E-state index in [0.717, 1.165) is 4.90 Å². The third-order valence-corrected chi connectivity index (χ3v) is 2.92. The summed E-state index contributed by atoms with van der Waals surface area (Å²) >= 11 is 1.33. The van der Waals surface area contributed by atoms with Crippen molar-refractivity contribution in [2.45, 2.75) is 4.90 Å². The number of carbonyl (C=O) groups excluding carboxylic acids is 1. The Labute approximate surface area is 98.3 Å². The number of nitrogens with zero attached hydrogens (tertiary/aromatic N) is 1. The van der Waals surface area contributed by atoms with Gasteiger partial charge in [0, 0.05) is 19.0 Å². The van der Waals surface area contributed by atoms with E-state index < -0.39 is 5.97 Å². The number of amides is 1. The Morgan fingerprint density at radius 2 is 2.06 bits per heavy atom. The third kappa shape index (κ3) is 3.58. The normalized spacial score (nSPS) is 9.88. The first kappa shape index (κ1) is 12.6. The second-order valence-corrected chi connectivity index (χ2v) is 4.46. The van der Waals surface area contributed by atoms with Gasteiger partial charge in [-0.05, 0) is 18.2 Å². The molecule has 86 valence electrons. The van der Waals surface area contributed by atoms with Crippen LogP contribution in [0.5, 0.6) is 0 Å². The molecule has 0 heterocycles. The summed E-state index contributed by atoms with van der Waals surface area (Å²) in [6, 6.07) is 6.56. The van der Waals surface area contributed by atoms with Crippen LogP contribution in [0.1, 0.15) is 10.4 Å². The van der Waals surface area contributed by atoms with Crippen LogP contribution in [-0.4, -0.2) is 41.7 Å². The van der Waals surface area contributed by atoms with E-state index in [-0.39, 0.29) is 11.5 Å². The summed E-state index contributed by atoms with van der Waals surface area (Å²) in [6.45, 7) is 0. The molecule has 0 aliphatic heterocycles. The van der Waals surface area contributed by atoms with E-state index >= 15 is 0 Å². The van der Waals surface area contributed by atoms with Crippen LogP contribution in [0, 0.1) is 0 Å². The van der Waals surface area contributed by atoms with Gasteiger partial charge in [-0.1, -0.05) is 6.07 Å². The van der Waals surface area contributed by atoms with Gasteiger partial charge < -0.3 is 10.0 Å². The van der Waals surface area contributed by atoms with Crippen LogP contribution >= 0.6 is 11.8 Å². The lowest BCUT2D eigenvalue weighted by Gasteiger charge is -2.09. The van der Waals surface area contributed by atoms with E-state index in [0.29, 0.717) is 5.75 Å². The monoisotopic (exact) mass is 239 g/mol. The fourth-order valence-corrected chi connectivity index (χ4v) is 1.93. The predicted octanol–water partition coefficient (Wildman–Crippen LogP) is 1.57. The van der Waals surface area contributed by atoms with Crippen molar-refractivity contribution in [3.05, 3.63) is 29.8 Å². The second kappa shape index (κ2) is 5.55. The summed E-state index contributed by atoms with van der Waals surface area (Å²) in [5, 5.41) is 8.79. The summed E-state index contributed by atoms with van der Waals surface area (Å²) < 4.78 is 0. The Morgan fingerprint density at radius 1 is 1.38 bits per heavy atom. The minimum absolute atomic E-state index is 0.00530. The number of benzene rings is 1. The molecule has 1 rings (SSSR count). The van der Waals surface area contributed by atoms with Gasteiger partial charge in [-0.2, -0.15) is 0 Å². The van der Waals surface area contributed by atoms with Crippen LogP contribution in [0.15, 0.2) is 29.2 Å². The number of carbonyl (C=O) groups is 2. The number of hydrogen-bond donors (Lipinski definition) is 1. The maximum Gasteiger partial charge on any atom is 0.335 e. The Hall–Kier alpha value is -1.49. The van der Waals surface area contributed by atoms with Crippen LogP contribution in [0.25, 0.3) is 0 Å². The fraction of sp³-hybridized carbons (Fsp3) is 0.273. The van der Waals surface area contributed by atoms with E-state index in [4.69, 9.17) is 5.11 Å². The van der Waals surface area contributed by atoms with E-state index in [2.05, 4.69) is 0 Å². The van der Waals surface area contributed by atoms with Crippen LogP contribution < -0.4 is 0 Å². The number of carboxylic acid groups (broad SMARTS) is 1. The van der Waals surface area contributed by atoms with Gasteiger partial charge in [0.15, 0.2) is 0 Å². The molecule has 16 heavy (non-hydrogen) atoms. The molecule has 0 fully saturated rings. The topological polar surface area (TPSA) is 57.6 Å². The van der Waals surface area contributed by atoms with Crippen molar-refractivity contribution >= 4 is 23.6 Å². The summed E-state index contributed by atoms with van der Waals surface area (Å²) in [4.78, 5) is 24.3. The zero-order valence-corrected chi connectivity index (χ0v) is 9.95. The van der Waals surface area contributed by atoms with Gasteiger partial charge in [0.25, 0.3) is 0 Å². The molecule has 0 spiro atoms. The highest BCUT2D eigenvalue weighted by molar-refractivity contribution is 8.00. The molecule has 0 radical (unpaired) electrons. The van der Waals surface area contributed by atoms with E-state index in [1.807, 2.05) is 0 Å². The maximum atomic E-state index is 11.3. The number of carboxylic acids is 1. The van der Waals surface area contributed by atoms with Crippen molar-refractivity contribution in [1.29, 1.82) is 0 Å². The molecule has 1 N–H and O–H groups in total. The molecule has 0 aliphatic carbocycles. The molecule has 1 amide bonds.